The zero-order chi connectivity index (χ0) is 18.1. The molecule has 2 aromatic carbocycles. The molecule has 0 atom stereocenters. The van der Waals surface area contributed by atoms with Gasteiger partial charge in [0.25, 0.3) is 0 Å². The fraction of sp³-hybridized carbons (Fsp3) is 0.0588. The van der Waals surface area contributed by atoms with Crippen molar-refractivity contribution < 1.29 is 8.78 Å². The molecule has 0 radical (unpaired) electrons. The van der Waals surface area contributed by atoms with Crippen molar-refractivity contribution in [3.05, 3.63) is 74.6 Å². The Morgan fingerprint density at radius 2 is 1.72 bits per heavy atom. The summed E-state index contributed by atoms with van der Waals surface area (Å²) in [5, 5.41) is 1.08. The minimum Gasteiger partial charge on any atom is -0.255 e. The van der Waals surface area contributed by atoms with Crippen molar-refractivity contribution >= 4 is 35.0 Å². The Hall–Kier alpha value is -1.89. The SMILES string of the molecule is CSc1cc(-c2c(F)cccc2F)nc(=O)n1-c1ccc(Cl)c(Cl)c1. The third-order valence-electron chi connectivity index (χ3n) is 3.48. The van der Waals surface area contributed by atoms with Crippen molar-refractivity contribution in [1.82, 2.24) is 9.55 Å². The maximum atomic E-state index is 14.0. The second-order valence-corrected chi connectivity index (χ2v) is 6.64. The van der Waals surface area contributed by atoms with E-state index < -0.39 is 17.3 Å². The predicted molar refractivity (Wildman–Crippen MR) is 97.0 cm³/mol. The first kappa shape index (κ1) is 17.9. The van der Waals surface area contributed by atoms with Gasteiger partial charge in [0, 0.05) is 0 Å². The zero-order valence-corrected chi connectivity index (χ0v) is 15.1. The Morgan fingerprint density at radius 1 is 1.04 bits per heavy atom. The molecule has 0 aliphatic carbocycles. The number of rotatable bonds is 3. The fourth-order valence-corrected chi connectivity index (χ4v) is 3.23. The predicted octanol–water partition coefficient (Wildman–Crippen LogP) is 5.21. The number of hydrogen-bond acceptors (Lipinski definition) is 3. The highest BCUT2D eigenvalue weighted by atomic mass is 35.5. The molecule has 0 spiro atoms. The molecular weight excluding hydrogens is 389 g/mol. The molecule has 3 aromatic rings. The third kappa shape index (κ3) is 3.42. The molecule has 25 heavy (non-hydrogen) atoms. The Bertz CT molecular complexity index is 1000. The normalized spacial score (nSPS) is 10.9. The Labute approximate surface area is 156 Å². The van der Waals surface area contributed by atoms with E-state index in [1.54, 1.807) is 18.4 Å². The van der Waals surface area contributed by atoms with E-state index in [0.29, 0.717) is 15.7 Å². The van der Waals surface area contributed by atoms with Gasteiger partial charge < -0.3 is 0 Å². The summed E-state index contributed by atoms with van der Waals surface area (Å²) in [6.45, 7) is 0. The summed E-state index contributed by atoms with van der Waals surface area (Å²) in [7, 11) is 0. The number of hydrogen-bond donors (Lipinski definition) is 0. The summed E-state index contributed by atoms with van der Waals surface area (Å²) in [5.41, 5.74) is -0.628. The van der Waals surface area contributed by atoms with Crippen LogP contribution in [0.3, 0.4) is 0 Å². The highest BCUT2D eigenvalue weighted by Gasteiger charge is 2.17. The maximum Gasteiger partial charge on any atom is 0.353 e. The first-order valence-electron chi connectivity index (χ1n) is 7.00. The van der Waals surface area contributed by atoms with Crippen LogP contribution >= 0.6 is 35.0 Å². The molecule has 3 nitrogen and oxygen atoms in total. The Balaban J connectivity index is 2.24. The smallest absolute Gasteiger partial charge is 0.255 e. The van der Waals surface area contributed by atoms with Crippen molar-refractivity contribution in [3.63, 3.8) is 0 Å². The van der Waals surface area contributed by atoms with Gasteiger partial charge in [-0.1, -0.05) is 29.3 Å². The van der Waals surface area contributed by atoms with Crippen molar-refractivity contribution in [2.24, 2.45) is 0 Å². The summed E-state index contributed by atoms with van der Waals surface area (Å²) in [4.78, 5) is 16.4. The largest absolute Gasteiger partial charge is 0.353 e. The van der Waals surface area contributed by atoms with Crippen LogP contribution in [0.25, 0.3) is 16.9 Å². The minimum absolute atomic E-state index is 0.0683. The summed E-state index contributed by atoms with van der Waals surface area (Å²) >= 11 is 13.1. The highest BCUT2D eigenvalue weighted by molar-refractivity contribution is 7.98. The van der Waals surface area contributed by atoms with Crippen LogP contribution in [0.5, 0.6) is 0 Å². The molecule has 0 N–H and O–H groups in total. The molecule has 0 aliphatic heterocycles. The number of benzene rings is 2. The lowest BCUT2D eigenvalue weighted by Gasteiger charge is -2.13. The fourth-order valence-electron chi connectivity index (χ4n) is 2.34. The first-order chi connectivity index (χ1) is 11.9. The van der Waals surface area contributed by atoms with Gasteiger partial charge in [-0.05, 0) is 42.7 Å². The second kappa shape index (κ2) is 7.15. The van der Waals surface area contributed by atoms with Crippen LogP contribution in [0.15, 0.2) is 52.3 Å². The van der Waals surface area contributed by atoms with Gasteiger partial charge in [-0.15, -0.1) is 11.8 Å². The van der Waals surface area contributed by atoms with E-state index in [9.17, 15) is 13.6 Å². The second-order valence-electron chi connectivity index (χ2n) is 5.00. The van der Waals surface area contributed by atoms with Gasteiger partial charge in [-0.2, -0.15) is 4.98 Å². The van der Waals surface area contributed by atoms with E-state index in [2.05, 4.69) is 4.98 Å². The molecule has 0 saturated carbocycles. The molecule has 1 aromatic heterocycles. The third-order valence-corrected chi connectivity index (χ3v) is 4.94. The molecule has 0 fully saturated rings. The van der Waals surface area contributed by atoms with Crippen LogP contribution in [0.1, 0.15) is 0 Å². The number of nitrogens with zero attached hydrogens (tertiary/aromatic N) is 2. The van der Waals surface area contributed by atoms with E-state index in [-0.39, 0.29) is 16.3 Å². The lowest BCUT2D eigenvalue weighted by Crippen LogP contribution is -2.23. The van der Waals surface area contributed by atoms with Gasteiger partial charge in [-0.3, -0.25) is 4.57 Å². The number of aromatic nitrogens is 2. The highest BCUT2D eigenvalue weighted by Crippen LogP contribution is 2.29. The quantitative estimate of drug-likeness (QED) is 0.448. The molecule has 0 bridgehead atoms. The molecule has 0 unspecified atom stereocenters. The van der Waals surface area contributed by atoms with Crippen LogP contribution in [-0.2, 0) is 0 Å². The summed E-state index contributed by atoms with van der Waals surface area (Å²) < 4.78 is 29.3. The van der Waals surface area contributed by atoms with E-state index >= 15 is 0 Å². The molecule has 1 heterocycles. The van der Waals surface area contributed by atoms with Crippen molar-refractivity contribution in [2.75, 3.05) is 6.26 Å². The van der Waals surface area contributed by atoms with Crippen LogP contribution < -0.4 is 5.69 Å². The number of halogens is 4. The molecular formula is C17H10Cl2F2N2OS. The van der Waals surface area contributed by atoms with E-state index in [0.717, 1.165) is 12.1 Å². The summed E-state index contributed by atoms with van der Waals surface area (Å²) in [5.74, 6) is -1.57. The summed E-state index contributed by atoms with van der Waals surface area (Å²) in [6, 6.07) is 9.62. The first-order valence-corrected chi connectivity index (χ1v) is 8.98. The molecule has 128 valence electrons. The van der Waals surface area contributed by atoms with Crippen molar-refractivity contribution in [1.29, 1.82) is 0 Å². The summed E-state index contributed by atoms with van der Waals surface area (Å²) in [6.07, 6.45) is 1.74. The van der Waals surface area contributed by atoms with Gasteiger partial charge in [0.1, 0.15) is 11.6 Å². The molecule has 3 rings (SSSR count). The molecule has 0 saturated heterocycles. The average molecular weight is 399 g/mol. The van der Waals surface area contributed by atoms with Gasteiger partial charge >= 0.3 is 5.69 Å². The average Bonchev–Trinajstić information content (AvgIpc) is 2.57. The maximum absolute atomic E-state index is 14.0. The molecule has 0 aliphatic rings. The van der Waals surface area contributed by atoms with Gasteiger partial charge in [0.2, 0.25) is 0 Å². The lowest BCUT2D eigenvalue weighted by atomic mass is 10.1. The van der Waals surface area contributed by atoms with Gasteiger partial charge in [0.05, 0.1) is 32.0 Å². The standard InChI is InChI=1S/C17H10Cl2F2N2OS/c1-25-15-8-14(16-12(20)3-2-4-13(16)21)22-17(24)23(15)9-5-6-10(18)11(19)7-9/h2-8H,1H3. The van der Waals surface area contributed by atoms with E-state index in [1.807, 2.05) is 0 Å². The van der Waals surface area contributed by atoms with Crippen LogP contribution in [0.4, 0.5) is 8.78 Å². The van der Waals surface area contributed by atoms with Crippen molar-refractivity contribution in [3.8, 4) is 16.9 Å². The van der Waals surface area contributed by atoms with Gasteiger partial charge in [0.15, 0.2) is 0 Å². The van der Waals surface area contributed by atoms with E-state index in [4.69, 9.17) is 23.2 Å². The minimum atomic E-state index is -0.786. The molecule has 8 heteroatoms. The lowest BCUT2D eigenvalue weighted by molar-refractivity contribution is 0.588. The van der Waals surface area contributed by atoms with Crippen LogP contribution in [-0.4, -0.2) is 15.8 Å². The Morgan fingerprint density at radius 3 is 2.32 bits per heavy atom. The Kier molecular flexibility index (Phi) is 5.13. The van der Waals surface area contributed by atoms with E-state index in [1.165, 1.54) is 34.5 Å². The topological polar surface area (TPSA) is 34.9 Å². The van der Waals surface area contributed by atoms with Gasteiger partial charge in [-0.25, -0.2) is 13.6 Å². The van der Waals surface area contributed by atoms with Crippen LogP contribution in [0.2, 0.25) is 10.0 Å². The zero-order valence-electron chi connectivity index (χ0n) is 12.8. The number of thioether (sulfide) groups is 1. The van der Waals surface area contributed by atoms with Crippen LogP contribution in [0, 0.1) is 11.6 Å². The monoisotopic (exact) mass is 398 g/mol. The van der Waals surface area contributed by atoms with Crippen molar-refractivity contribution in [2.45, 2.75) is 5.03 Å². The molecule has 0 amide bonds.